The Kier molecular flexibility index (Phi) is 3.93. The summed E-state index contributed by atoms with van der Waals surface area (Å²) >= 11 is 6.08. The molecule has 2 rings (SSSR count). The minimum atomic E-state index is 0.725. The van der Waals surface area contributed by atoms with Crippen molar-refractivity contribution in [3.05, 3.63) is 52.5 Å². The third kappa shape index (κ3) is 2.51. The quantitative estimate of drug-likeness (QED) is 0.794. The SMILES string of the molecule is CCc1ccc(CC)c(-c2cc(Cl)ccc2N)c1. The van der Waals surface area contributed by atoms with Gasteiger partial charge in [-0.25, -0.2) is 0 Å². The second kappa shape index (κ2) is 5.45. The zero-order valence-electron chi connectivity index (χ0n) is 10.8. The third-order valence-corrected chi connectivity index (χ3v) is 3.50. The van der Waals surface area contributed by atoms with Gasteiger partial charge in [0.1, 0.15) is 0 Å². The summed E-state index contributed by atoms with van der Waals surface area (Å²) in [7, 11) is 0. The van der Waals surface area contributed by atoms with E-state index in [9.17, 15) is 0 Å². The monoisotopic (exact) mass is 259 g/mol. The van der Waals surface area contributed by atoms with Gasteiger partial charge < -0.3 is 5.73 Å². The van der Waals surface area contributed by atoms with Gasteiger partial charge >= 0.3 is 0 Å². The molecule has 0 aliphatic heterocycles. The minimum absolute atomic E-state index is 0.725. The van der Waals surface area contributed by atoms with Crippen LogP contribution in [0.5, 0.6) is 0 Å². The molecule has 2 aromatic carbocycles. The number of benzene rings is 2. The van der Waals surface area contributed by atoms with Crippen LogP contribution in [0.1, 0.15) is 25.0 Å². The van der Waals surface area contributed by atoms with Crippen molar-refractivity contribution in [1.82, 2.24) is 0 Å². The van der Waals surface area contributed by atoms with E-state index in [4.69, 9.17) is 17.3 Å². The summed E-state index contributed by atoms with van der Waals surface area (Å²) in [6.07, 6.45) is 2.02. The number of aryl methyl sites for hydroxylation is 2. The molecule has 2 N–H and O–H groups in total. The van der Waals surface area contributed by atoms with Crippen LogP contribution in [-0.2, 0) is 12.8 Å². The van der Waals surface area contributed by atoms with Gasteiger partial charge in [0.25, 0.3) is 0 Å². The van der Waals surface area contributed by atoms with Crippen molar-refractivity contribution in [2.75, 3.05) is 5.73 Å². The van der Waals surface area contributed by atoms with Gasteiger partial charge in [-0.2, -0.15) is 0 Å². The number of nitrogens with two attached hydrogens (primary N) is 1. The zero-order valence-corrected chi connectivity index (χ0v) is 11.6. The molecule has 0 saturated carbocycles. The Morgan fingerprint density at radius 2 is 1.72 bits per heavy atom. The lowest BCUT2D eigenvalue weighted by Crippen LogP contribution is -1.95. The van der Waals surface area contributed by atoms with E-state index in [0.717, 1.165) is 29.1 Å². The first-order valence-corrected chi connectivity index (χ1v) is 6.70. The molecule has 0 saturated heterocycles. The Balaban J connectivity index is 2.64. The molecule has 0 unspecified atom stereocenters. The molecule has 0 aliphatic carbocycles. The zero-order chi connectivity index (χ0) is 13.1. The Morgan fingerprint density at radius 3 is 2.39 bits per heavy atom. The highest BCUT2D eigenvalue weighted by atomic mass is 35.5. The van der Waals surface area contributed by atoms with Gasteiger partial charge in [0.15, 0.2) is 0 Å². The molecule has 0 aromatic heterocycles. The van der Waals surface area contributed by atoms with Crippen LogP contribution < -0.4 is 5.73 Å². The summed E-state index contributed by atoms with van der Waals surface area (Å²) in [6.45, 7) is 4.32. The predicted octanol–water partition coefficient (Wildman–Crippen LogP) is 4.71. The largest absolute Gasteiger partial charge is 0.398 e. The van der Waals surface area contributed by atoms with Crippen molar-refractivity contribution >= 4 is 17.3 Å². The summed E-state index contributed by atoms with van der Waals surface area (Å²) < 4.78 is 0. The van der Waals surface area contributed by atoms with Crippen LogP contribution in [0.2, 0.25) is 5.02 Å². The van der Waals surface area contributed by atoms with Crippen LogP contribution >= 0.6 is 11.6 Å². The lowest BCUT2D eigenvalue weighted by molar-refractivity contribution is 1.10. The van der Waals surface area contributed by atoms with E-state index in [1.165, 1.54) is 16.7 Å². The standard InChI is InChI=1S/C16H18ClN/c1-3-11-5-6-12(4-2)14(9-11)15-10-13(17)7-8-16(15)18/h5-10H,3-4,18H2,1-2H3. The summed E-state index contributed by atoms with van der Waals surface area (Å²) in [5.74, 6) is 0. The third-order valence-electron chi connectivity index (χ3n) is 3.27. The van der Waals surface area contributed by atoms with Gasteiger partial charge in [-0.15, -0.1) is 0 Å². The summed E-state index contributed by atoms with van der Waals surface area (Å²) in [4.78, 5) is 0. The number of hydrogen-bond acceptors (Lipinski definition) is 1. The molecule has 0 fully saturated rings. The average molecular weight is 260 g/mol. The van der Waals surface area contributed by atoms with E-state index in [1.54, 1.807) is 0 Å². The first-order valence-electron chi connectivity index (χ1n) is 6.33. The summed E-state index contributed by atoms with van der Waals surface area (Å²) in [5.41, 5.74) is 11.7. The molecule has 1 nitrogen and oxygen atoms in total. The van der Waals surface area contributed by atoms with Crippen LogP contribution in [-0.4, -0.2) is 0 Å². The first-order chi connectivity index (χ1) is 8.65. The van der Waals surface area contributed by atoms with Crippen LogP contribution in [0.4, 0.5) is 5.69 Å². The number of halogens is 1. The van der Waals surface area contributed by atoms with Crippen LogP contribution in [0.15, 0.2) is 36.4 Å². The molecular formula is C16H18ClN. The Labute approximate surface area is 114 Å². The van der Waals surface area contributed by atoms with Crippen LogP contribution in [0, 0.1) is 0 Å². The smallest absolute Gasteiger partial charge is 0.0413 e. The van der Waals surface area contributed by atoms with E-state index in [0.29, 0.717) is 0 Å². The molecule has 0 bridgehead atoms. The fourth-order valence-electron chi connectivity index (χ4n) is 2.16. The van der Waals surface area contributed by atoms with Gasteiger partial charge in [0.2, 0.25) is 0 Å². The topological polar surface area (TPSA) is 26.0 Å². The van der Waals surface area contributed by atoms with E-state index in [1.807, 2.05) is 18.2 Å². The highest BCUT2D eigenvalue weighted by molar-refractivity contribution is 6.31. The van der Waals surface area contributed by atoms with Crippen molar-refractivity contribution in [1.29, 1.82) is 0 Å². The Bertz CT molecular complexity index is 561. The van der Waals surface area contributed by atoms with Gasteiger partial charge in [-0.1, -0.05) is 43.6 Å². The lowest BCUT2D eigenvalue weighted by atomic mass is 9.94. The van der Waals surface area contributed by atoms with Crippen molar-refractivity contribution in [3.63, 3.8) is 0 Å². The van der Waals surface area contributed by atoms with Gasteiger partial charge in [-0.3, -0.25) is 0 Å². The summed E-state index contributed by atoms with van der Waals surface area (Å²) in [5, 5.41) is 0.725. The maximum absolute atomic E-state index is 6.08. The molecule has 0 amide bonds. The number of nitrogen functional groups attached to an aromatic ring is 1. The molecule has 0 heterocycles. The van der Waals surface area contributed by atoms with Crippen LogP contribution in [0.25, 0.3) is 11.1 Å². The van der Waals surface area contributed by atoms with E-state index >= 15 is 0 Å². The molecule has 18 heavy (non-hydrogen) atoms. The number of rotatable bonds is 3. The first kappa shape index (κ1) is 13.0. The number of hydrogen-bond donors (Lipinski definition) is 1. The van der Waals surface area contributed by atoms with E-state index in [2.05, 4.69) is 32.0 Å². The molecule has 0 aliphatic rings. The highest BCUT2D eigenvalue weighted by Gasteiger charge is 2.08. The van der Waals surface area contributed by atoms with Crippen molar-refractivity contribution < 1.29 is 0 Å². The number of anilines is 1. The van der Waals surface area contributed by atoms with Crippen LogP contribution in [0.3, 0.4) is 0 Å². The van der Waals surface area contributed by atoms with E-state index < -0.39 is 0 Å². The van der Waals surface area contributed by atoms with Crippen molar-refractivity contribution in [2.45, 2.75) is 26.7 Å². The van der Waals surface area contributed by atoms with E-state index in [-0.39, 0.29) is 0 Å². The fraction of sp³-hybridized carbons (Fsp3) is 0.250. The normalized spacial score (nSPS) is 10.6. The maximum Gasteiger partial charge on any atom is 0.0413 e. The predicted molar refractivity (Wildman–Crippen MR) is 80.1 cm³/mol. The molecule has 0 atom stereocenters. The van der Waals surface area contributed by atoms with Gasteiger partial charge in [0, 0.05) is 16.3 Å². The second-order valence-electron chi connectivity index (χ2n) is 4.43. The molecule has 0 radical (unpaired) electrons. The highest BCUT2D eigenvalue weighted by Crippen LogP contribution is 2.32. The summed E-state index contributed by atoms with van der Waals surface area (Å²) in [6, 6.07) is 12.2. The minimum Gasteiger partial charge on any atom is -0.398 e. The molecular weight excluding hydrogens is 242 g/mol. The Morgan fingerprint density at radius 1 is 0.944 bits per heavy atom. The van der Waals surface area contributed by atoms with Crippen molar-refractivity contribution in [3.8, 4) is 11.1 Å². The molecule has 0 spiro atoms. The Hall–Kier alpha value is -1.47. The van der Waals surface area contributed by atoms with Crippen molar-refractivity contribution in [2.24, 2.45) is 0 Å². The maximum atomic E-state index is 6.08. The lowest BCUT2D eigenvalue weighted by Gasteiger charge is -2.13. The van der Waals surface area contributed by atoms with Gasteiger partial charge in [-0.05, 0) is 47.7 Å². The van der Waals surface area contributed by atoms with Gasteiger partial charge in [0.05, 0.1) is 0 Å². The molecule has 2 heteroatoms. The molecule has 94 valence electrons. The molecule has 2 aromatic rings. The average Bonchev–Trinajstić information content (AvgIpc) is 2.40. The second-order valence-corrected chi connectivity index (χ2v) is 4.87. The fourth-order valence-corrected chi connectivity index (χ4v) is 2.34.